The maximum atomic E-state index is 13.5. The molecule has 3 rings (SSSR count). The van der Waals surface area contributed by atoms with Gasteiger partial charge in [-0.1, -0.05) is 74.0 Å². The van der Waals surface area contributed by atoms with E-state index >= 15 is 0 Å². The van der Waals surface area contributed by atoms with E-state index in [1.807, 2.05) is 65.6 Å². The van der Waals surface area contributed by atoms with E-state index in [1.165, 1.54) is 0 Å². The molecule has 1 unspecified atom stereocenters. The van der Waals surface area contributed by atoms with Gasteiger partial charge in [0.2, 0.25) is 5.91 Å². The van der Waals surface area contributed by atoms with Crippen molar-refractivity contribution < 1.29 is 9.90 Å². The van der Waals surface area contributed by atoms with E-state index in [0.29, 0.717) is 6.54 Å². The Hall–Kier alpha value is -2.13. The fourth-order valence-electron chi connectivity index (χ4n) is 3.93. The highest BCUT2D eigenvalue weighted by Crippen LogP contribution is 2.45. The summed E-state index contributed by atoms with van der Waals surface area (Å²) in [6, 6.07) is 19.8. The minimum absolute atomic E-state index is 0.00183. The number of carbonyl (C=O) groups excluding carboxylic acids is 1. The number of nitrogens with zero attached hydrogens (tertiary/aromatic N) is 1. The number of unbranched alkanes of at least 4 members (excludes halogenated alkanes) is 1. The van der Waals surface area contributed by atoms with Crippen molar-refractivity contribution in [3.63, 3.8) is 0 Å². The molecule has 3 heteroatoms. The number of hydrogen-bond acceptors (Lipinski definition) is 2. The number of aliphatic hydroxyl groups is 1. The first-order valence-electron chi connectivity index (χ1n) is 8.76. The van der Waals surface area contributed by atoms with Gasteiger partial charge in [-0.3, -0.25) is 4.79 Å². The van der Waals surface area contributed by atoms with Gasteiger partial charge in [0.15, 0.2) is 0 Å². The molecule has 0 radical (unpaired) electrons. The van der Waals surface area contributed by atoms with Crippen molar-refractivity contribution in [3.8, 4) is 0 Å². The first-order valence-corrected chi connectivity index (χ1v) is 8.76. The maximum absolute atomic E-state index is 13.5. The van der Waals surface area contributed by atoms with Crippen molar-refractivity contribution in [2.45, 2.75) is 25.2 Å². The monoisotopic (exact) mass is 323 g/mol. The van der Waals surface area contributed by atoms with Crippen LogP contribution >= 0.6 is 0 Å². The molecular weight excluding hydrogens is 298 g/mol. The van der Waals surface area contributed by atoms with E-state index in [4.69, 9.17) is 0 Å². The molecule has 0 bridgehead atoms. The van der Waals surface area contributed by atoms with E-state index in [1.54, 1.807) is 0 Å². The Morgan fingerprint density at radius 3 is 2.04 bits per heavy atom. The minimum atomic E-state index is -0.787. The smallest absolute Gasteiger partial charge is 0.238 e. The van der Waals surface area contributed by atoms with Crippen LogP contribution in [0.4, 0.5) is 0 Å². The largest absolute Gasteiger partial charge is 0.396 e. The Balaban J connectivity index is 2.15. The fraction of sp³-hybridized carbons (Fsp3) is 0.381. The van der Waals surface area contributed by atoms with Crippen molar-refractivity contribution in [3.05, 3.63) is 71.8 Å². The molecule has 0 aromatic heterocycles. The van der Waals surface area contributed by atoms with E-state index < -0.39 is 5.41 Å². The number of carbonyl (C=O) groups is 1. The van der Waals surface area contributed by atoms with E-state index in [0.717, 1.165) is 30.5 Å². The Labute approximate surface area is 143 Å². The molecule has 1 atom stereocenters. The quantitative estimate of drug-likeness (QED) is 0.887. The van der Waals surface area contributed by atoms with Gasteiger partial charge in [0.05, 0.1) is 0 Å². The van der Waals surface area contributed by atoms with Gasteiger partial charge >= 0.3 is 0 Å². The van der Waals surface area contributed by atoms with Gasteiger partial charge in [0.25, 0.3) is 0 Å². The molecule has 0 aliphatic carbocycles. The molecule has 0 spiro atoms. The zero-order valence-electron chi connectivity index (χ0n) is 14.2. The van der Waals surface area contributed by atoms with Crippen LogP contribution < -0.4 is 0 Å². The van der Waals surface area contributed by atoms with Crippen LogP contribution in [0.2, 0.25) is 0 Å². The highest BCUT2D eigenvalue weighted by Gasteiger charge is 2.55. The van der Waals surface area contributed by atoms with Crippen molar-refractivity contribution in [2.24, 2.45) is 5.92 Å². The lowest BCUT2D eigenvalue weighted by atomic mass is 9.67. The number of likely N-dealkylation sites (tertiary alicyclic amines) is 1. The molecule has 0 saturated carbocycles. The molecule has 1 fully saturated rings. The molecule has 1 aliphatic rings. The lowest BCUT2D eigenvalue weighted by Crippen LogP contribution is -2.43. The molecule has 1 aliphatic heterocycles. The summed E-state index contributed by atoms with van der Waals surface area (Å²) in [6.07, 6.45) is 2.04. The standard InChI is InChI=1S/C21H25NO2/c1-2-3-14-22-15-19(16-23)21(20(22)24,17-10-6-4-7-11-17)18-12-8-5-9-13-18/h4-13,19,23H,2-3,14-16H2,1H3. The predicted molar refractivity (Wildman–Crippen MR) is 95.7 cm³/mol. The number of amides is 1. The van der Waals surface area contributed by atoms with E-state index in [9.17, 15) is 9.90 Å². The van der Waals surface area contributed by atoms with Gasteiger partial charge in [-0.2, -0.15) is 0 Å². The summed E-state index contributed by atoms with van der Waals surface area (Å²) >= 11 is 0. The van der Waals surface area contributed by atoms with Crippen LogP contribution in [0.5, 0.6) is 0 Å². The first-order chi connectivity index (χ1) is 11.7. The second-order valence-corrected chi connectivity index (χ2v) is 6.52. The molecule has 126 valence electrons. The van der Waals surface area contributed by atoms with Gasteiger partial charge < -0.3 is 10.0 Å². The van der Waals surface area contributed by atoms with Gasteiger partial charge in [0, 0.05) is 25.6 Å². The van der Waals surface area contributed by atoms with E-state index in [-0.39, 0.29) is 18.4 Å². The summed E-state index contributed by atoms with van der Waals surface area (Å²) in [5, 5.41) is 10.1. The first kappa shape index (κ1) is 16.7. The number of rotatable bonds is 6. The third-order valence-electron chi connectivity index (χ3n) is 5.14. The minimum Gasteiger partial charge on any atom is -0.396 e. The van der Waals surface area contributed by atoms with Crippen LogP contribution in [-0.2, 0) is 10.2 Å². The molecule has 2 aromatic rings. The topological polar surface area (TPSA) is 40.5 Å². The summed E-state index contributed by atoms with van der Waals surface area (Å²) in [4.78, 5) is 15.5. The van der Waals surface area contributed by atoms with Gasteiger partial charge in [-0.05, 0) is 17.5 Å². The van der Waals surface area contributed by atoms with Crippen LogP contribution in [0.1, 0.15) is 30.9 Å². The van der Waals surface area contributed by atoms with Crippen molar-refractivity contribution in [1.29, 1.82) is 0 Å². The Kier molecular flexibility index (Phi) is 5.00. The summed E-state index contributed by atoms with van der Waals surface area (Å²) in [6.45, 7) is 3.50. The predicted octanol–water partition coefficient (Wildman–Crippen LogP) is 3.22. The molecule has 1 N–H and O–H groups in total. The van der Waals surface area contributed by atoms with Crippen LogP contribution in [0, 0.1) is 5.92 Å². The summed E-state index contributed by atoms with van der Waals surface area (Å²) in [7, 11) is 0. The lowest BCUT2D eigenvalue weighted by molar-refractivity contribution is -0.131. The number of benzene rings is 2. The van der Waals surface area contributed by atoms with Crippen LogP contribution in [0.25, 0.3) is 0 Å². The van der Waals surface area contributed by atoms with Crippen LogP contribution in [0.15, 0.2) is 60.7 Å². The molecule has 3 nitrogen and oxygen atoms in total. The zero-order valence-corrected chi connectivity index (χ0v) is 14.2. The Morgan fingerprint density at radius 1 is 1.04 bits per heavy atom. The second-order valence-electron chi connectivity index (χ2n) is 6.52. The van der Waals surface area contributed by atoms with Gasteiger partial charge in [-0.15, -0.1) is 0 Å². The number of hydrogen-bond donors (Lipinski definition) is 1. The van der Waals surface area contributed by atoms with Crippen LogP contribution in [0.3, 0.4) is 0 Å². The maximum Gasteiger partial charge on any atom is 0.238 e. The van der Waals surface area contributed by atoms with Gasteiger partial charge in [-0.25, -0.2) is 0 Å². The molecule has 1 amide bonds. The van der Waals surface area contributed by atoms with Gasteiger partial charge in [0.1, 0.15) is 5.41 Å². The highest BCUT2D eigenvalue weighted by molar-refractivity contribution is 5.94. The molecule has 2 aromatic carbocycles. The SMILES string of the molecule is CCCCN1CC(CO)C(c2ccccc2)(c2ccccc2)C1=O. The zero-order chi connectivity index (χ0) is 17.0. The Bertz CT molecular complexity index is 629. The third-order valence-corrected chi connectivity index (χ3v) is 5.14. The number of aliphatic hydroxyl groups excluding tert-OH is 1. The van der Waals surface area contributed by atoms with Crippen molar-refractivity contribution in [1.82, 2.24) is 4.90 Å². The van der Waals surface area contributed by atoms with E-state index in [2.05, 4.69) is 6.92 Å². The van der Waals surface area contributed by atoms with Crippen molar-refractivity contribution >= 4 is 5.91 Å². The third kappa shape index (κ3) is 2.63. The summed E-state index contributed by atoms with van der Waals surface area (Å²) in [5.74, 6) is -0.0148. The molecule has 24 heavy (non-hydrogen) atoms. The summed E-state index contributed by atoms with van der Waals surface area (Å²) in [5.41, 5.74) is 1.16. The molecule has 1 heterocycles. The molecular formula is C21H25NO2. The Morgan fingerprint density at radius 2 is 1.58 bits per heavy atom. The van der Waals surface area contributed by atoms with Crippen molar-refractivity contribution in [2.75, 3.05) is 19.7 Å². The average molecular weight is 323 g/mol. The normalized spacial score (nSPS) is 19.7. The highest BCUT2D eigenvalue weighted by atomic mass is 16.3. The average Bonchev–Trinajstić information content (AvgIpc) is 2.94. The lowest BCUT2D eigenvalue weighted by Gasteiger charge is -2.33. The molecule has 1 saturated heterocycles. The fourth-order valence-corrected chi connectivity index (χ4v) is 3.93. The second kappa shape index (κ2) is 7.18. The summed E-state index contributed by atoms with van der Waals surface area (Å²) < 4.78 is 0. The van der Waals surface area contributed by atoms with Crippen LogP contribution in [-0.4, -0.2) is 35.6 Å².